The Morgan fingerprint density at radius 3 is 2.70 bits per heavy atom. The largest absolute Gasteiger partial charge is 0.385 e. The zero-order valence-corrected chi connectivity index (χ0v) is 12.0. The van der Waals surface area contributed by atoms with E-state index in [4.69, 9.17) is 0 Å². The number of nitrogens with one attached hydrogen (secondary N) is 3. The second-order valence-electron chi connectivity index (χ2n) is 5.93. The molecule has 0 aliphatic heterocycles. The van der Waals surface area contributed by atoms with E-state index in [1.807, 2.05) is 12.1 Å². The molecule has 0 fully saturated rings. The van der Waals surface area contributed by atoms with Crippen molar-refractivity contribution in [3.05, 3.63) is 52.2 Å². The molecule has 0 radical (unpaired) electrons. The van der Waals surface area contributed by atoms with Crippen LogP contribution in [0.1, 0.15) is 38.1 Å². The Bertz CT molecular complexity index is 622. The lowest BCUT2D eigenvalue weighted by Crippen LogP contribution is -2.15. The van der Waals surface area contributed by atoms with Gasteiger partial charge in [-0.05, 0) is 23.1 Å². The van der Waals surface area contributed by atoms with Crippen LogP contribution >= 0.6 is 0 Å². The first-order valence-corrected chi connectivity index (χ1v) is 6.66. The molecule has 108 valence electrons. The van der Waals surface area contributed by atoms with Gasteiger partial charge in [-0.25, -0.2) is 4.79 Å². The van der Waals surface area contributed by atoms with Crippen LogP contribution in [0.3, 0.4) is 0 Å². The molecule has 20 heavy (non-hydrogen) atoms. The molecule has 1 heterocycles. The molecule has 1 aromatic carbocycles. The van der Waals surface area contributed by atoms with Crippen molar-refractivity contribution in [2.75, 3.05) is 11.9 Å². The molecule has 0 saturated heterocycles. The van der Waals surface area contributed by atoms with Crippen molar-refractivity contribution >= 4 is 5.69 Å². The number of aromatic nitrogens is 2. The smallest absolute Gasteiger partial charge is 0.323 e. The van der Waals surface area contributed by atoms with Gasteiger partial charge in [0.25, 0.3) is 0 Å². The standard InChI is InChI=1S/C15H21N3O2/c1-15(2,3)10-5-4-6-11(7-10)16-9-13(19)12-8-17-14(20)18-12/h4-8,13,16,19H,9H2,1-3H3,(H2,17,18,20). The number of rotatable bonds is 4. The van der Waals surface area contributed by atoms with E-state index in [0.717, 1.165) is 5.69 Å². The molecule has 2 aromatic rings. The van der Waals surface area contributed by atoms with Gasteiger partial charge in [-0.2, -0.15) is 0 Å². The SMILES string of the molecule is CC(C)(C)c1cccc(NCC(O)c2c[nH]c(=O)[nH]2)c1. The molecule has 5 heteroatoms. The van der Waals surface area contributed by atoms with Crippen LogP contribution in [0.25, 0.3) is 0 Å². The highest BCUT2D eigenvalue weighted by Crippen LogP contribution is 2.24. The minimum Gasteiger partial charge on any atom is -0.385 e. The van der Waals surface area contributed by atoms with Crippen LogP contribution in [0.2, 0.25) is 0 Å². The van der Waals surface area contributed by atoms with E-state index >= 15 is 0 Å². The third-order valence-electron chi connectivity index (χ3n) is 3.20. The molecule has 0 aliphatic rings. The average molecular weight is 275 g/mol. The van der Waals surface area contributed by atoms with Crippen molar-refractivity contribution in [1.29, 1.82) is 0 Å². The highest BCUT2D eigenvalue weighted by Gasteiger charge is 2.14. The fourth-order valence-corrected chi connectivity index (χ4v) is 1.95. The van der Waals surface area contributed by atoms with Gasteiger partial charge in [0.15, 0.2) is 0 Å². The highest BCUT2D eigenvalue weighted by molar-refractivity contribution is 5.47. The van der Waals surface area contributed by atoms with Gasteiger partial charge in [0, 0.05) is 18.4 Å². The molecule has 5 nitrogen and oxygen atoms in total. The summed E-state index contributed by atoms with van der Waals surface area (Å²) in [7, 11) is 0. The number of hydrogen-bond acceptors (Lipinski definition) is 3. The number of aromatic amines is 2. The molecular weight excluding hydrogens is 254 g/mol. The van der Waals surface area contributed by atoms with Crippen LogP contribution in [0.5, 0.6) is 0 Å². The Morgan fingerprint density at radius 2 is 2.10 bits per heavy atom. The predicted octanol–water partition coefficient (Wildman–Crippen LogP) is 2.15. The zero-order chi connectivity index (χ0) is 14.8. The Labute approximate surface area is 118 Å². The number of hydrogen-bond donors (Lipinski definition) is 4. The minimum absolute atomic E-state index is 0.0855. The third kappa shape index (κ3) is 3.51. The van der Waals surface area contributed by atoms with Gasteiger partial charge in [0.1, 0.15) is 6.10 Å². The molecule has 0 spiro atoms. The van der Waals surface area contributed by atoms with Crippen LogP contribution in [-0.4, -0.2) is 21.6 Å². The van der Waals surface area contributed by atoms with E-state index in [2.05, 4.69) is 48.2 Å². The van der Waals surface area contributed by atoms with E-state index < -0.39 is 6.10 Å². The lowest BCUT2D eigenvalue weighted by molar-refractivity contribution is 0.187. The summed E-state index contributed by atoms with van der Waals surface area (Å²) in [6.45, 7) is 6.81. The zero-order valence-electron chi connectivity index (χ0n) is 12.0. The first-order valence-electron chi connectivity index (χ1n) is 6.66. The number of imidazole rings is 1. The van der Waals surface area contributed by atoms with E-state index in [9.17, 15) is 9.90 Å². The molecule has 0 saturated carbocycles. The molecule has 0 aliphatic carbocycles. The number of aliphatic hydroxyl groups excluding tert-OH is 1. The maximum Gasteiger partial charge on any atom is 0.323 e. The predicted molar refractivity (Wildman–Crippen MR) is 80.0 cm³/mol. The summed E-state index contributed by atoms with van der Waals surface area (Å²) in [5.41, 5.74) is 2.44. The quantitative estimate of drug-likeness (QED) is 0.690. The minimum atomic E-state index is -0.757. The van der Waals surface area contributed by atoms with E-state index in [1.165, 1.54) is 11.8 Å². The normalized spacial score (nSPS) is 13.2. The third-order valence-corrected chi connectivity index (χ3v) is 3.20. The molecular formula is C15H21N3O2. The summed E-state index contributed by atoms with van der Waals surface area (Å²) in [6.07, 6.45) is 0.729. The Hall–Kier alpha value is -2.01. The average Bonchev–Trinajstić information content (AvgIpc) is 2.82. The lowest BCUT2D eigenvalue weighted by atomic mass is 9.87. The van der Waals surface area contributed by atoms with Gasteiger partial charge in [0.2, 0.25) is 0 Å². The molecule has 1 atom stereocenters. The van der Waals surface area contributed by atoms with Crippen molar-refractivity contribution < 1.29 is 5.11 Å². The Morgan fingerprint density at radius 1 is 1.35 bits per heavy atom. The number of aliphatic hydroxyl groups is 1. The molecule has 1 aromatic heterocycles. The lowest BCUT2D eigenvalue weighted by Gasteiger charge is -2.20. The summed E-state index contributed by atoms with van der Waals surface area (Å²) in [4.78, 5) is 16.0. The van der Waals surface area contributed by atoms with Crippen molar-refractivity contribution in [1.82, 2.24) is 9.97 Å². The second-order valence-corrected chi connectivity index (χ2v) is 5.93. The molecule has 0 amide bonds. The fourth-order valence-electron chi connectivity index (χ4n) is 1.95. The summed E-state index contributed by atoms with van der Waals surface area (Å²) < 4.78 is 0. The Kier molecular flexibility index (Phi) is 3.99. The van der Waals surface area contributed by atoms with Crippen molar-refractivity contribution in [2.24, 2.45) is 0 Å². The van der Waals surface area contributed by atoms with Gasteiger partial charge >= 0.3 is 5.69 Å². The topological polar surface area (TPSA) is 80.9 Å². The van der Waals surface area contributed by atoms with E-state index in [1.54, 1.807) is 0 Å². The van der Waals surface area contributed by atoms with E-state index in [0.29, 0.717) is 12.2 Å². The van der Waals surface area contributed by atoms with Gasteiger partial charge in [-0.1, -0.05) is 32.9 Å². The summed E-state index contributed by atoms with van der Waals surface area (Å²) in [5, 5.41) is 13.2. The molecule has 2 rings (SSSR count). The van der Waals surface area contributed by atoms with Gasteiger partial charge in [-0.3, -0.25) is 0 Å². The highest BCUT2D eigenvalue weighted by atomic mass is 16.3. The summed E-state index contributed by atoms with van der Waals surface area (Å²) >= 11 is 0. The molecule has 1 unspecified atom stereocenters. The van der Waals surface area contributed by atoms with Crippen LogP contribution in [0, 0.1) is 0 Å². The van der Waals surface area contributed by atoms with Crippen LogP contribution in [0.15, 0.2) is 35.3 Å². The maximum atomic E-state index is 11.0. The monoisotopic (exact) mass is 275 g/mol. The van der Waals surface area contributed by atoms with Gasteiger partial charge in [0.05, 0.1) is 5.69 Å². The van der Waals surface area contributed by atoms with Crippen molar-refractivity contribution in [3.63, 3.8) is 0 Å². The number of H-pyrrole nitrogens is 2. The van der Waals surface area contributed by atoms with E-state index in [-0.39, 0.29) is 11.1 Å². The number of benzene rings is 1. The van der Waals surface area contributed by atoms with Gasteiger partial charge < -0.3 is 20.4 Å². The molecule has 0 bridgehead atoms. The van der Waals surface area contributed by atoms with Crippen LogP contribution in [-0.2, 0) is 5.41 Å². The van der Waals surface area contributed by atoms with Crippen molar-refractivity contribution in [3.8, 4) is 0 Å². The molecule has 4 N–H and O–H groups in total. The second kappa shape index (κ2) is 5.54. The Balaban J connectivity index is 2.02. The van der Waals surface area contributed by atoms with Crippen LogP contribution in [0.4, 0.5) is 5.69 Å². The van der Waals surface area contributed by atoms with Gasteiger partial charge in [-0.15, -0.1) is 0 Å². The van der Waals surface area contributed by atoms with Crippen LogP contribution < -0.4 is 11.0 Å². The fraction of sp³-hybridized carbons (Fsp3) is 0.400. The first kappa shape index (κ1) is 14.4. The summed E-state index contributed by atoms with van der Waals surface area (Å²) in [5.74, 6) is 0. The maximum absolute atomic E-state index is 11.0. The van der Waals surface area contributed by atoms with Crippen molar-refractivity contribution in [2.45, 2.75) is 32.3 Å². The first-order chi connectivity index (χ1) is 9.36. The number of anilines is 1. The summed E-state index contributed by atoms with van der Waals surface area (Å²) in [6, 6.07) is 8.12.